The molecule has 2 N–H and O–H groups in total. The Morgan fingerprint density at radius 3 is 2.45 bits per heavy atom. The number of nitrogens with one attached hydrogen (secondary N) is 2. The van der Waals surface area contributed by atoms with Crippen LogP contribution in [0.1, 0.15) is 17.4 Å². The number of hydrogen-bond donors (Lipinski definition) is 2. The normalized spacial score (nSPS) is 10.2. The summed E-state index contributed by atoms with van der Waals surface area (Å²) in [6, 6.07) is 4.98. The van der Waals surface area contributed by atoms with Gasteiger partial charge in [0.25, 0.3) is 5.91 Å². The molecular formula is C13H12Cl2N4O. The van der Waals surface area contributed by atoms with Crippen molar-refractivity contribution in [1.29, 1.82) is 0 Å². The van der Waals surface area contributed by atoms with Crippen LogP contribution in [-0.2, 0) is 0 Å². The van der Waals surface area contributed by atoms with Crippen LogP contribution in [-0.4, -0.2) is 22.4 Å². The number of benzene rings is 1. The monoisotopic (exact) mass is 310 g/mol. The van der Waals surface area contributed by atoms with E-state index in [0.29, 0.717) is 21.6 Å². The summed E-state index contributed by atoms with van der Waals surface area (Å²) in [5, 5.41) is 6.34. The largest absolute Gasteiger partial charge is 0.369 e. The van der Waals surface area contributed by atoms with Gasteiger partial charge in [-0.1, -0.05) is 29.3 Å². The van der Waals surface area contributed by atoms with Gasteiger partial charge in [-0.25, -0.2) is 9.97 Å². The summed E-state index contributed by atoms with van der Waals surface area (Å²) >= 11 is 12.0. The Hall–Kier alpha value is -1.85. The van der Waals surface area contributed by atoms with Gasteiger partial charge in [0.2, 0.25) is 0 Å². The van der Waals surface area contributed by atoms with Gasteiger partial charge in [-0.05, 0) is 19.1 Å². The number of rotatable bonds is 4. The van der Waals surface area contributed by atoms with Crippen molar-refractivity contribution in [2.75, 3.05) is 17.2 Å². The van der Waals surface area contributed by atoms with Crippen molar-refractivity contribution < 1.29 is 4.79 Å². The molecule has 0 unspecified atom stereocenters. The van der Waals surface area contributed by atoms with Gasteiger partial charge >= 0.3 is 0 Å². The van der Waals surface area contributed by atoms with E-state index in [2.05, 4.69) is 20.6 Å². The van der Waals surface area contributed by atoms with Gasteiger partial charge < -0.3 is 10.6 Å². The Balaban J connectivity index is 2.16. The number of para-hydroxylation sites is 1. The number of halogens is 2. The molecule has 0 aliphatic carbocycles. The quantitative estimate of drug-likeness (QED) is 0.907. The van der Waals surface area contributed by atoms with E-state index in [0.717, 1.165) is 6.54 Å². The summed E-state index contributed by atoms with van der Waals surface area (Å²) < 4.78 is 0. The second-order valence-corrected chi connectivity index (χ2v) is 4.68. The highest BCUT2D eigenvalue weighted by Crippen LogP contribution is 2.29. The molecule has 5 nitrogen and oxygen atoms in total. The van der Waals surface area contributed by atoms with E-state index in [9.17, 15) is 4.79 Å². The molecule has 0 fully saturated rings. The van der Waals surface area contributed by atoms with Crippen LogP contribution in [0.4, 0.5) is 11.5 Å². The lowest BCUT2D eigenvalue weighted by molar-refractivity contribution is 0.102. The number of amides is 1. The van der Waals surface area contributed by atoms with Crippen molar-refractivity contribution in [3.63, 3.8) is 0 Å². The smallest absolute Gasteiger partial charge is 0.275 e. The molecule has 0 aliphatic rings. The van der Waals surface area contributed by atoms with Crippen LogP contribution in [0.2, 0.25) is 10.0 Å². The molecule has 0 saturated heterocycles. The molecule has 1 heterocycles. The van der Waals surface area contributed by atoms with Crippen LogP contribution in [0.3, 0.4) is 0 Å². The fourth-order valence-electron chi connectivity index (χ4n) is 1.51. The van der Waals surface area contributed by atoms with Crippen molar-refractivity contribution in [2.24, 2.45) is 0 Å². The zero-order valence-electron chi connectivity index (χ0n) is 10.7. The molecule has 0 saturated carbocycles. The fraction of sp³-hybridized carbons (Fsp3) is 0.154. The molecule has 1 amide bonds. The second-order valence-electron chi connectivity index (χ2n) is 3.87. The third-order valence-corrected chi connectivity index (χ3v) is 3.07. The predicted molar refractivity (Wildman–Crippen MR) is 80.6 cm³/mol. The van der Waals surface area contributed by atoms with E-state index >= 15 is 0 Å². The number of hydrogen-bond acceptors (Lipinski definition) is 4. The lowest BCUT2D eigenvalue weighted by Gasteiger charge is -2.08. The van der Waals surface area contributed by atoms with Gasteiger partial charge in [-0.3, -0.25) is 4.79 Å². The SMILES string of the molecule is CCNc1cnc(C(=O)Nc2c(Cl)cccc2Cl)cn1. The molecule has 7 heteroatoms. The molecule has 1 aromatic heterocycles. The summed E-state index contributed by atoms with van der Waals surface area (Å²) in [5.74, 6) is 0.190. The summed E-state index contributed by atoms with van der Waals surface area (Å²) in [6.45, 7) is 2.68. The molecule has 104 valence electrons. The summed E-state index contributed by atoms with van der Waals surface area (Å²) in [5.41, 5.74) is 0.543. The molecule has 0 atom stereocenters. The van der Waals surface area contributed by atoms with Crippen LogP contribution < -0.4 is 10.6 Å². The van der Waals surface area contributed by atoms with Crippen molar-refractivity contribution in [3.05, 3.63) is 46.3 Å². The minimum atomic E-state index is -0.421. The molecule has 2 aromatic rings. The Labute approximate surface area is 126 Å². The van der Waals surface area contributed by atoms with Crippen LogP contribution in [0, 0.1) is 0 Å². The number of nitrogens with zero attached hydrogens (tertiary/aromatic N) is 2. The van der Waals surface area contributed by atoms with E-state index < -0.39 is 5.91 Å². The lowest BCUT2D eigenvalue weighted by Crippen LogP contribution is -2.15. The first kappa shape index (κ1) is 14.6. The average molecular weight is 311 g/mol. The van der Waals surface area contributed by atoms with Crippen molar-refractivity contribution in [3.8, 4) is 0 Å². The molecule has 2 rings (SSSR count). The maximum Gasteiger partial charge on any atom is 0.275 e. The van der Waals surface area contributed by atoms with Crippen molar-refractivity contribution >= 4 is 40.6 Å². The Kier molecular flexibility index (Phi) is 4.76. The first-order chi connectivity index (χ1) is 9.61. The maximum absolute atomic E-state index is 12.0. The van der Waals surface area contributed by atoms with Gasteiger partial charge in [0.05, 0.1) is 28.1 Å². The first-order valence-corrected chi connectivity index (χ1v) is 6.68. The van der Waals surface area contributed by atoms with E-state index in [1.807, 2.05) is 6.92 Å². The summed E-state index contributed by atoms with van der Waals surface area (Å²) in [7, 11) is 0. The van der Waals surface area contributed by atoms with Gasteiger partial charge in [-0.2, -0.15) is 0 Å². The van der Waals surface area contributed by atoms with Gasteiger partial charge in [-0.15, -0.1) is 0 Å². The van der Waals surface area contributed by atoms with Crippen LogP contribution in [0.15, 0.2) is 30.6 Å². The first-order valence-electron chi connectivity index (χ1n) is 5.93. The third-order valence-electron chi connectivity index (χ3n) is 2.44. The lowest BCUT2D eigenvalue weighted by atomic mass is 10.3. The van der Waals surface area contributed by atoms with Gasteiger partial charge in [0.15, 0.2) is 0 Å². The van der Waals surface area contributed by atoms with E-state index in [1.165, 1.54) is 12.4 Å². The number of anilines is 2. The number of aromatic nitrogens is 2. The maximum atomic E-state index is 12.0. The van der Waals surface area contributed by atoms with E-state index in [-0.39, 0.29) is 5.69 Å². The summed E-state index contributed by atoms with van der Waals surface area (Å²) in [4.78, 5) is 20.1. The molecule has 1 aromatic carbocycles. The van der Waals surface area contributed by atoms with Gasteiger partial charge in [0, 0.05) is 6.54 Å². The number of carbonyl (C=O) groups excluding carboxylic acids is 1. The molecule has 0 radical (unpaired) electrons. The highest BCUT2D eigenvalue weighted by Gasteiger charge is 2.12. The van der Waals surface area contributed by atoms with Crippen LogP contribution in [0.25, 0.3) is 0 Å². The molecule has 20 heavy (non-hydrogen) atoms. The molecular weight excluding hydrogens is 299 g/mol. The molecule has 0 aliphatic heterocycles. The third kappa shape index (κ3) is 3.37. The second kappa shape index (κ2) is 6.54. The Morgan fingerprint density at radius 1 is 1.20 bits per heavy atom. The number of carbonyl (C=O) groups is 1. The van der Waals surface area contributed by atoms with Crippen LogP contribution >= 0.6 is 23.2 Å². The van der Waals surface area contributed by atoms with Gasteiger partial charge in [0.1, 0.15) is 11.5 Å². The van der Waals surface area contributed by atoms with Crippen molar-refractivity contribution in [1.82, 2.24) is 9.97 Å². The minimum absolute atomic E-state index is 0.183. The predicted octanol–water partition coefficient (Wildman–Crippen LogP) is 3.47. The standard InChI is InChI=1S/C13H12Cl2N4O/c1-2-16-11-7-17-10(6-18-11)13(20)19-12-8(14)4-3-5-9(12)15/h3-7H,2H2,1H3,(H,16,18)(H,19,20). The topological polar surface area (TPSA) is 66.9 Å². The fourth-order valence-corrected chi connectivity index (χ4v) is 2.00. The highest BCUT2D eigenvalue weighted by molar-refractivity contribution is 6.39. The zero-order valence-corrected chi connectivity index (χ0v) is 12.2. The highest BCUT2D eigenvalue weighted by atomic mass is 35.5. The summed E-state index contributed by atoms with van der Waals surface area (Å²) in [6.07, 6.45) is 2.88. The minimum Gasteiger partial charge on any atom is -0.369 e. The molecule has 0 bridgehead atoms. The Morgan fingerprint density at radius 2 is 1.90 bits per heavy atom. The zero-order chi connectivity index (χ0) is 14.5. The van der Waals surface area contributed by atoms with E-state index in [1.54, 1.807) is 18.2 Å². The molecule has 0 spiro atoms. The van der Waals surface area contributed by atoms with E-state index in [4.69, 9.17) is 23.2 Å². The van der Waals surface area contributed by atoms with Crippen LogP contribution in [0.5, 0.6) is 0 Å². The average Bonchev–Trinajstić information content (AvgIpc) is 2.44. The Bertz CT molecular complexity index is 596. The van der Waals surface area contributed by atoms with Crippen molar-refractivity contribution in [2.45, 2.75) is 6.92 Å².